The molecule has 1 fully saturated rings. The first-order chi connectivity index (χ1) is 9.34. The summed E-state index contributed by atoms with van der Waals surface area (Å²) < 4.78 is 2.35. The van der Waals surface area contributed by atoms with Gasteiger partial charge in [-0.05, 0) is 37.7 Å². The number of hydrogen-bond donors (Lipinski definition) is 1. The van der Waals surface area contributed by atoms with Gasteiger partial charge in [-0.15, -0.1) is 0 Å². The molecule has 0 radical (unpaired) electrons. The lowest BCUT2D eigenvalue weighted by Gasteiger charge is -2.17. The summed E-state index contributed by atoms with van der Waals surface area (Å²) in [6.45, 7) is 3.37. The van der Waals surface area contributed by atoms with Crippen molar-refractivity contribution in [2.45, 2.75) is 32.2 Å². The zero-order valence-corrected chi connectivity index (χ0v) is 11.3. The van der Waals surface area contributed by atoms with Gasteiger partial charge >= 0.3 is 0 Å². The van der Waals surface area contributed by atoms with Crippen LogP contribution in [0.3, 0.4) is 0 Å². The Hall–Kier alpha value is -1.77. The van der Waals surface area contributed by atoms with Crippen molar-refractivity contribution in [3.8, 4) is 11.3 Å². The molecule has 0 amide bonds. The Morgan fingerprint density at radius 1 is 1.37 bits per heavy atom. The summed E-state index contributed by atoms with van der Waals surface area (Å²) in [4.78, 5) is 4.39. The molecule has 19 heavy (non-hydrogen) atoms. The molecule has 1 aromatic carbocycles. The van der Waals surface area contributed by atoms with E-state index in [1.165, 1.54) is 35.3 Å². The number of nitrogens with one attached hydrogen (secondary N) is 1. The molecule has 1 N–H and O–H groups in total. The van der Waals surface area contributed by atoms with Gasteiger partial charge in [-0.25, -0.2) is 4.98 Å². The third-order valence-electron chi connectivity index (χ3n) is 4.53. The average molecular weight is 253 g/mol. The number of nitrogens with zero attached hydrogens (tertiary/aromatic N) is 2. The second-order valence-electron chi connectivity index (χ2n) is 5.78. The number of aromatic nitrogens is 2. The van der Waals surface area contributed by atoms with Crippen molar-refractivity contribution in [3.63, 3.8) is 0 Å². The Morgan fingerprint density at radius 2 is 2.26 bits per heavy atom. The molecule has 2 aliphatic rings. The van der Waals surface area contributed by atoms with Crippen molar-refractivity contribution in [1.29, 1.82) is 0 Å². The summed E-state index contributed by atoms with van der Waals surface area (Å²) in [5, 5.41) is 3.53. The molecule has 4 rings (SSSR count). The predicted octanol–water partition coefficient (Wildman–Crippen LogP) is 3.49. The van der Waals surface area contributed by atoms with E-state index in [-0.39, 0.29) is 0 Å². The minimum absolute atomic E-state index is 0.565. The van der Waals surface area contributed by atoms with Gasteiger partial charge in [-0.3, -0.25) is 0 Å². The van der Waals surface area contributed by atoms with Gasteiger partial charge in [0.05, 0.1) is 18.2 Å². The summed E-state index contributed by atoms with van der Waals surface area (Å²) in [6.07, 6.45) is 7.87. The zero-order valence-electron chi connectivity index (χ0n) is 11.3. The van der Waals surface area contributed by atoms with E-state index in [4.69, 9.17) is 0 Å². The second-order valence-corrected chi connectivity index (χ2v) is 5.78. The fourth-order valence-corrected chi connectivity index (χ4v) is 3.20. The van der Waals surface area contributed by atoms with Gasteiger partial charge in [0.2, 0.25) is 0 Å². The summed E-state index contributed by atoms with van der Waals surface area (Å²) in [5.74, 6) is 0.845. The number of para-hydroxylation sites is 1. The standard InChI is InChI=1S/C16H19N3/c1-11(12-5-6-12)19-10-17-9-15(19)14-4-2-3-13-7-8-18-16(13)14/h2-4,9-12,18H,5-8H2,1H3. The quantitative estimate of drug-likeness (QED) is 0.907. The number of anilines is 1. The molecular weight excluding hydrogens is 234 g/mol. The lowest BCUT2D eigenvalue weighted by Crippen LogP contribution is -2.08. The summed E-state index contributed by atoms with van der Waals surface area (Å²) in [7, 11) is 0. The fourth-order valence-electron chi connectivity index (χ4n) is 3.20. The molecule has 1 saturated carbocycles. The van der Waals surface area contributed by atoms with Crippen molar-refractivity contribution in [1.82, 2.24) is 9.55 Å². The van der Waals surface area contributed by atoms with Gasteiger partial charge in [-0.2, -0.15) is 0 Å². The maximum absolute atomic E-state index is 4.39. The minimum Gasteiger partial charge on any atom is -0.384 e. The van der Waals surface area contributed by atoms with Crippen LogP contribution in [-0.2, 0) is 6.42 Å². The van der Waals surface area contributed by atoms with Crippen LogP contribution < -0.4 is 5.32 Å². The highest BCUT2D eigenvalue weighted by Crippen LogP contribution is 2.42. The molecule has 0 spiro atoms. The minimum atomic E-state index is 0.565. The fraction of sp³-hybridized carbons (Fsp3) is 0.438. The molecule has 2 heterocycles. The van der Waals surface area contributed by atoms with Crippen LogP contribution in [0.1, 0.15) is 31.4 Å². The van der Waals surface area contributed by atoms with Crippen LogP contribution in [0, 0.1) is 5.92 Å². The number of hydrogen-bond acceptors (Lipinski definition) is 2. The van der Waals surface area contributed by atoms with Gasteiger partial charge in [0.1, 0.15) is 0 Å². The number of benzene rings is 1. The maximum Gasteiger partial charge on any atom is 0.0953 e. The molecule has 1 atom stereocenters. The number of fused-ring (bicyclic) bond motifs is 1. The van der Waals surface area contributed by atoms with Gasteiger partial charge in [-0.1, -0.05) is 18.2 Å². The molecule has 2 aromatic rings. The van der Waals surface area contributed by atoms with Crippen LogP contribution in [-0.4, -0.2) is 16.1 Å². The first-order valence-corrected chi connectivity index (χ1v) is 7.22. The van der Waals surface area contributed by atoms with E-state index in [1.54, 1.807) is 0 Å². The smallest absolute Gasteiger partial charge is 0.0953 e. The molecular formula is C16H19N3. The highest BCUT2D eigenvalue weighted by molar-refractivity contribution is 5.79. The average Bonchev–Trinajstić information content (AvgIpc) is 2.99. The second kappa shape index (κ2) is 4.12. The summed E-state index contributed by atoms with van der Waals surface area (Å²) >= 11 is 0. The van der Waals surface area contributed by atoms with Gasteiger partial charge in [0.25, 0.3) is 0 Å². The van der Waals surface area contributed by atoms with Crippen LogP contribution in [0.4, 0.5) is 5.69 Å². The van der Waals surface area contributed by atoms with Crippen LogP contribution in [0.15, 0.2) is 30.7 Å². The number of imidazole rings is 1. The Labute approximate surface area is 113 Å². The molecule has 0 saturated heterocycles. The number of rotatable bonds is 3. The molecule has 98 valence electrons. The van der Waals surface area contributed by atoms with E-state index < -0.39 is 0 Å². The monoisotopic (exact) mass is 253 g/mol. The highest BCUT2D eigenvalue weighted by Gasteiger charge is 2.30. The largest absolute Gasteiger partial charge is 0.384 e. The third-order valence-corrected chi connectivity index (χ3v) is 4.53. The van der Waals surface area contributed by atoms with E-state index in [0.717, 1.165) is 18.9 Å². The van der Waals surface area contributed by atoms with Crippen molar-refractivity contribution in [2.75, 3.05) is 11.9 Å². The molecule has 1 unspecified atom stereocenters. The summed E-state index contributed by atoms with van der Waals surface area (Å²) in [5.41, 5.74) is 5.31. The lowest BCUT2D eigenvalue weighted by atomic mass is 10.0. The van der Waals surface area contributed by atoms with E-state index in [1.807, 2.05) is 12.5 Å². The lowest BCUT2D eigenvalue weighted by molar-refractivity contribution is 0.489. The first kappa shape index (κ1) is 11.1. The topological polar surface area (TPSA) is 29.9 Å². The Kier molecular flexibility index (Phi) is 2.40. The van der Waals surface area contributed by atoms with E-state index >= 15 is 0 Å². The van der Waals surface area contributed by atoms with E-state index in [0.29, 0.717) is 6.04 Å². The van der Waals surface area contributed by atoms with E-state index in [2.05, 4.69) is 40.0 Å². The molecule has 1 aliphatic carbocycles. The van der Waals surface area contributed by atoms with Crippen molar-refractivity contribution in [2.24, 2.45) is 5.92 Å². The Balaban J connectivity index is 1.81. The predicted molar refractivity (Wildman–Crippen MR) is 77.3 cm³/mol. The molecule has 3 nitrogen and oxygen atoms in total. The first-order valence-electron chi connectivity index (χ1n) is 7.22. The van der Waals surface area contributed by atoms with Gasteiger partial charge in [0.15, 0.2) is 0 Å². The van der Waals surface area contributed by atoms with Crippen LogP contribution >= 0.6 is 0 Å². The van der Waals surface area contributed by atoms with Crippen molar-refractivity contribution < 1.29 is 0 Å². The third kappa shape index (κ3) is 1.76. The van der Waals surface area contributed by atoms with Crippen LogP contribution in [0.25, 0.3) is 11.3 Å². The van der Waals surface area contributed by atoms with Crippen molar-refractivity contribution in [3.05, 3.63) is 36.3 Å². The maximum atomic E-state index is 4.39. The Morgan fingerprint density at radius 3 is 3.11 bits per heavy atom. The Bertz CT molecular complexity index is 610. The molecule has 1 aromatic heterocycles. The van der Waals surface area contributed by atoms with E-state index in [9.17, 15) is 0 Å². The molecule has 1 aliphatic heterocycles. The zero-order chi connectivity index (χ0) is 12.8. The SMILES string of the molecule is CC(C1CC1)n1cncc1-c1cccc2c1NCC2. The highest BCUT2D eigenvalue weighted by atomic mass is 15.1. The molecule has 3 heteroatoms. The van der Waals surface area contributed by atoms with Gasteiger partial charge in [0, 0.05) is 23.8 Å². The van der Waals surface area contributed by atoms with Crippen molar-refractivity contribution >= 4 is 5.69 Å². The van der Waals surface area contributed by atoms with Crippen LogP contribution in [0.2, 0.25) is 0 Å². The van der Waals surface area contributed by atoms with Gasteiger partial charge < -0.3 is 9.88 Å². The van der Waals surface area contributed by atoms with Crippen LogP contribution in [0.5, 0.6) is 0 Å². The normalized spacial score (nSPS) is 19.0. The summed E-state index contributed by atoms with van der Waals surface area (Å²) in [6, 6.07) is 7.17. The molecule has 0 bridgehead atoms.